The summed E-state index contributed by atoms with van der Waals surface area (Å²) in [6.45, 7) is 10.5. The van der Waals surface area contributed by atoms with Crippen molar-refractivity contribution in [3.05, 3.63) is 38.5 Å². The first-order valence-corrected chi connectivity index (χ1v) is 8.03. The van der Waals surface area contributed by atoms with Crippen LogP contribution in [0.2, 0.25) is 0 Å². The Kier molecular flexibility index (Phi) is 4.71. The van der Waals surface area contributed by atoms with Gasteiger partial charge in [-0.25, -0.2) is 0 Å². The van der Waals surface area contributed by atoms with Crippen LogP contribution in [-0.2, 0) is 19.4 Å². The molecule has 2 aromatic rings. The van der Waals surface area contributed by atoms with E-state index in [2.05, 4.69) is 28.0 Å². The van der Waals surface area contributed by atoms with Gasteiger partial charge in [-0.2, -0.15) is 5.10 Å². The predicted molar refractivity (Wildman–Crippen MR) is 85.9 cm³/mol. The number of carbonyl (C=O) groups is 1. The molecule has 0 saturated heterocycles. The van der Waals surface area contributed by atoms with E-state index in [1.807, 2.05) is 32.4 Å². The molecule has 0 aliphatic heterocycles. The zero-order chi connectivity index (χ0) is 15.7. The van der Waals surface area contributed by atoms with E-state index in [4.69, 9.17) is 4.42 Å². The van der Waals surface area contributed by atoms with E-state index in [0.29, 0.717) is 17.7 Å². The summed E-state index contributed by atoms with van der Waals surface area (Å²) in [7, 11) is 0. The summed E-state index contributed by atoms with van der Waals surface area (Å²) in [5, 5.41) is 4.54. The van der Waals surface area contributed by atoms with Crippen LogP contribution in [0.1, 0.15) is 52.7 Å². The van der Waals surface area contributed by atoms with E-state index in [1.165, 1.54) is 0 Å². The van der Waals surface area contributed by atoms with Crippen LogP contribution in [0.4, 0.5) is 0 Å². The molecule has 5 heteroatoms. The Morgan fingerprint density at radius 2 is 1.90 bits per heavy atom. The number of hydrogen-bond donors (Lipinski definition) is 0. The van der Waals surface area contributed by atoms with Crippen molar-refractivity contribution in [1.29, 1.82) is 0 Å². The first-order chi connectivity index (χ1) is 9.90. The molecule has 4 nitrogen and oxygen atoms in total. The second-order valence-electron chi connectivity index (χ2n) is 5.19. The lowest BCUT2D eigenvalue weighted by atomic mass is 10.0. The van der Waals surface area contributed by atoms with Crippen LogP contribution in [0.25, 0.3) is 0 Å². The molecule has 114 valence electrons. The Labute approximate surface area is 133 Å². The van der Waals surface area contributed by atoms with E-state index in [1.54, 1.807) is 0 Å². The van der Waals surface area contributed by atoms with Gasteiger partial charge < -0.3 is 4.42 Å². The van der Waals surface area contributed by atoms with Gasteiger partial charge in [0.2, 0.25) is 0 Å². The Bertz CT molecular complexity index is 683. The van der Waals surface area contributed by atoms with Crippen LogP contribution in [0.3, 0.4) is 0 Å². The molecule has 0 aromatic carbocycles. The molecule has 2 rings (SSSR count). The van der Waals surface area contributed by atoms with Crippen LogP contribution in [-0.4, -0.2) is 15.6 Å². The predicted octanol–water partition coefficient (Wildman–Crippen LogP) is 4.17. The van der Waals surface area contributed by atoms with E-state index < -0.39 is 0 Å². The number of carbonyl (C=O) groups excluding carboxylic acids is 1. The van der Waals surface area contributed by atoms with Crippen LogP contribution in [0.15, 0.2) is 8.89 Å². The Hall–Kier alpha value is -1.36. The third-order valence-corrected chi connectivity index (χ3v) is 4.78. The number of nitrogens with zero attached hydrogens (tertiary/aromatic N) is 2. The Morgan fingerprint density at radius 1 is 1.24 bits per heavy atom. The van der Waals surface area contributed by atoms with E-state index in [0.717, 1.165) is 40.1 Å². The maximum absolute atomic E-state index is 12.7. The lowest BCUT2D eigenvalue weighted by molar-refractivity contribution is 0.0988. The summed E-state index contributed by atoms with van der Waals surface area (Å²) in [4.78, 5) is 12.7. The largest absolute Gasteiger partial charge is 0.466 e. The van der Waals surface area contributed by atoms with Crippen molar-refractivity contribution < 1.29 is 9.21 Å². The van der Waals surface area contributed by atoms with Crippen molar-refractivity contribution >= 4 is 21.7 Å². The molecule has 0 spiro atoms. The van der Waals surface area contributed by atoms with Gasteiger partial charge in [0.25, 0.3) is 0 Å². The normalized spacial score (nSPS) is 11.1. The summed E-state index contributed by atoms with van der Waals surface area (Å²) in [6.07, 6.45) is 1.18. The number of ketones is 1. The monoisotopic (exact) mass is 352 g/mol. The Balaban J connectivity index is 2.38. The molecule has 0 aliphatic carbocycles. The van der Waals surface area contributed by atoms with Gasteiger partial charge >= 0.3 is 0 Å². The lowest BCUT2D eigenvalue weighted by Gasteiger charge is -2.05. The SMILES string of the molecule is CCc1nn(CC)c(CC(=O)c2c(C)oc(C)c2C)c1Br. The molecule has 0 radical (unpaired) electrons. The van der Waals surface area contributed by atoms with E-state index >= 15 is 0 Å². The quantitative estimate of drug-likeness (QED) is 0.758. The van der Waals surface area contributed by atoms with Gasteiger partial charge in [-0.05, 0) is 50.0 Å². The van der Waals surface area contributed by atoms with E-state index in [-0.39, 0.29) is 5.78 Å². The third kappa shape index (κ3) is 2.84. The second-order valence-corrected chi connectivity index (χ2v) is 5.98. The van der Waals surface area contributed by atoms with Gasteiger partial charge in [-0.1, -0.05) is 6.92 Å². The minimum atomic E-state index is 0.0832. The number of aromatic nitrogens is 2. The van der Waals surface area contributed by atoms with Crippen LogP contribution >= 0.6 is 15.9 Å². The number of aryl methyl sites for hydroxylation is 4. The summed E-state index contributed by atoms with van der Waals surface area (Å²) in [6, 6.07) is 0. The van der Waals surface area contributed by atoms with Gasteiger partial charge in [0.05, 0.1) is 27.8 Å². The zero-order valence-electron chi connectivity index (χ0n) is 13.2. The van der Waals surface area contributed by atoms with Crippen molar-refractivity contribution in [1.82, 2.24) is 9.78 Å². The number of Topliss-reactive ketones (excluding diaryl/α,β-unsaturated/α-hetero) is 1. The molecule has 0 saturated carbocycles. The highest BCUT2D eigenvalue weighted by Gasteiger charge is 2.22. The number of hydrogen-bond acceptors (Lipinski definition) is 3. The van der Waals surface area contributed by atoms with Crippen molar-refractivity contribution in [3.8, 4) is 0 Å². The lowest BCUT2D eigenvalue weighted by Crippen LogP contribution is -2.11. The molecule has 21 heavy (non-hydrogen) atoms. The molecule has 0 N–H and O–H groups in total. The summed E-state index contributed by atoms with van der Waals surface area (Å²) in [5.74, 6) is 1.59. The smallest absolute Gasteiger partial charge is 0.172 e. The fourth-order valence-corrected chi connectivity index (χ4v) is 3.33. The minimum absolute atomic E-state index is 0.0832. The molecule has 2 heterocycles. The standard InChI is InChI=1S/C16H21BrN2O2/c1-6-12-16(17)13(19(7-2)18-12)8-14(20)15-9(3)10(4)21-11(15)5/h6-8H2,1-5H3. The van der Waals surface area contributed by atoms with Crippen molar-refractivity contribution in [2.75, 3.05) is 0 Å². The summed E-state index contributed by atoms with van der Waals surface area (Å²) < 4.78 is 8.42. The highest BCUT2D eigenvalue weighted by molar-refractivity contribution is 9.10. The molecule has 0 bridgehead atoms. The number of furan rings is 1. The van der Waals surface area contributed by atoms with Crippen molar-refractivity contribution in [2.45, 2.75) is 54.0 Å². The number of rotatable bonds is 5. The van der Waals surface area contributed by atoms with Crippen molar-refractivity contribution in [2.24, 2.45) is 0 Å². The molecule has 0 aliphatic rings. The highest BCUT2D eigenvalue weighted by Crippen LogP contribution is 2.26. The molecule has 0 amide bonds. The molecule has 2 aromatic heterocycles. The molecule has 0 atom stereocenters. The van der Waals surface area contributed by atoms with Crippen LogP contribution < -0.4 is 0 Å². The molecule has 0 fully saturated rings. The minimum Gasteiger partial charge on any atom is -0.466 e. The fraction of sp³-hybridized carbons (Fsp3) is 0.500. The van der Waals surface area contributed by atoms with Gasteiger partial charge in [0, 0.05) is 12.1 Å². The van der Waals surface area contributed by atoms with Crippen LogP contribution in [0.5, 0.6) is 0 Å². The van der Waals surface area contributed by atoms with E-state index in [9.17, 15) is 4.79 Å². The first kappa shape index (κ1) is 16.0. The average molecular weight is 353 g/mol. The summed E-state index contributed by atoms with van der Waals surface area (Å²) in [5.41, 5.74) is 3.58. The van der Waals surface area contributed by atoms with Gasteiger partial charge in [-0.3, -0.25) is 9.48 Å². The molecular formula is C16H21BrN2O2. The first-order valence-electron chi connectivity index (χ1n) is 7.24. The highest BCUT2D eigenvalue weighted by atomic mass is 79.9. The van der Waals surface area contributed by atoms with Gasteiger partial charge in [0.15, 0.2) is 5.78 Å². The topological polar surface area (TPSA) is 48.0 Å². The molecular weight excluding hydrogens is 332 g/mol. The number of halogens is 1. The third-order valence-electron chi connectivity index (χ3n) is 3.86. The van der Waals surface area contributed by atoms with Crippen molar-refractivity contribution in [3.63, 3.8) is 0 Å². The maximum Gasteiger partial charge on any atom is 0.172 e. The Morgan fingerprint density at radius 3 is 2.38 bits per heavy atom. The summed E-state index contributed by atoms with van der Waals surface area (Å²) >= 11 is 3.59. The average Bonchev–Trinajstić information content (AvgIpc) is 2.88. The maximum atomic E-state index is 12.7. The molecule has 0 unspecified atom stereocenters. The van der Waals surface area contributed by atoms with Gasteiger partial charge in [0.1, 0.15) is 11.5 Å². The van der Waals surface area contributed by atoms with Gasteiger partial charge in [-0.15, -0.1) is 0 Å². The fourth-order valence-electron chi connectivity index (χ4n) is 2.63. The zero-order valence-corrected chi connectivity index (χ0v) is 14.8. The second kappa shape index (κ2) is 6.18. The van der Waals surface area contributed by atoms with Crippen LogP contribution in [0, 0.1) is 20.8 Å².